The van der Waals surface area contributed by atoms with Gasteiger partial charge in [0.2, 0.25) is 0 Å². The minimum Gasteiger partial charge on any atom is -0.464 e. The number of hydrogen-bond acceptors (Lipinski definition) is 2. The summed E-state index contributed by atoms with van der Waals surface area (Å²) in [6, 6.07) is 3.57. The molecule has 0 atom stereocenters. The lowest BCUT2D eigenvalue weighted by molar-refractivity contribution is 0.0589. The number of aromatic nitrogens is 1. The number of unbranched alkanes of at least 4 members (excludes halogenated alkanes) is 4. The molecule has 1 aromatic rings. The summed E-state index contributed by atoms with van der Waals surface area (Å²) >= 11 is 0. The molecular weight excluding hydrogens is 226 g/mol. The fourth-order valence-electron chi connectivity index (χ4n) is 1.71. The van der Waals surface area contributed by atoms with Gasteiger partial charge >= 0.3 is 5.97 Å². The molecule has 0 aliphatic carbocycles. The molecule has 0 aromatic carbocycles. The number of ether oxygens (including phenoxy) is 1. The van der Waals surface area contributed by atoms with Crippen molar-refractivity contribution >= 4 is 5.97 Å². The van der Waals surface area contributed by atoms with E-state index in [0.717, 1.165) is 12.8 Å². The highest BCUT2D eigenvalue weighted by Gasteiger charge is 2.08. The van der Waals surface area contributed by atoms with Crippen LogP contribution < -0.4 is 0 Å². The zero-order chi connectivity index (χ0) is 13.2. The van der Waals surface area contributed by atoms with Gasteiger partial charge in [-0.3, -0.25) is 0 Å². The number of carbonyl (C=O) groups excluding carboxylic acids is 1. The zero-order valence-corrected chi connectivity index (χ0v) is 11.2. The SMILES string of the molecule is CCCCCCC#CCn1cccc1C(=O)OC. The van der Waals surface area contributed by atoms with E-state index in [9.17, 15) is 4.79 Å². The first-order chi connectivity index (χ1) is 8.79. The zero-order valence-electron chi connectivity index (χ0n) is 11.2. The Balaban J connectivity index is 2.37. The highest BCUT2D eigenvalue weighted by molar-refractivity contribution is 5.87. The van der Waals surface area contributed by atoms with E-state index in [0.29, 0.717) is 12.2 Å². The first-order valence-electron chi connectivity index (χ1n) is 6.48. The molecule has 0 aliphatic heterocycles. The van der Waals surface area contributed by atoms with E-state index in [-0.39, 0.29) is 5.97 Å². The van der Waals surface area contributed by atoms with Gasteiger partial charge in [-0.1, -0.05) is 32.1 Å². The molecule has 0 saturated carbocycles. The van der Waals surface area contributed by atoms with Crippen molar-refractivity contribution in [1.82, 2.24) is 4.57 Å². The van der Waals surface area contributed by atoms with Crippen molar-refractivity contribution in [3.63, 3.8) is 0 Å². The molecule has 3 heteroatoms. The summed E-state index contributed by atoms with van der Waals surface area (Å²) in [5.41, 5.74) is 0.554. The van der Waals surface area contributed by atoms with Crippen LogP contribution in [-0.2, 0) is 11.3 Å². The highest BCUT2D eigenvalue weighted by atomic mass is 16.5. The molecule has 0 spiro atoms. The summed E-state index contributed by atoms with van der Waals surface area (Å²) in [4.78, 5) is 11.4. The van der Waals surface area contributed by atoms with E-state index in [1.165, 1.54) is 26.4 Å². The van der Waals surface area contributed by atoms with E-state index in [1.54, 1.807) is 6.07 Å². The molecule has 0 bridgehead atoms. The Kier molecular flexibility index (Phi) is 6.71. The second kappa shape index (κ2) is 8.41. The van der Waals surface area contributed by atoms with Gasteiger partial charge in [0.05, 0.1) is 13.7 Å². The fourth-order valence-corrected chi connectivity index (χ4v) is 1.71. The third-order valence-electron chi connectivity index (χ3n) is 2.75. The molecule has 3 nitrogen and oxygen atoms in total. The molecular formula is C15H21NO2. The van der Waals surface area contributed by atoms with Gasteiger partial charge < -0.3 is 9.30 Å². The van der Waals surface area contributed by atoms with Crippen LogP contribution in [0.25, 0.3) is 0 Å². The molecule has 0 N–H and O–H groups in total. The highest BCUT2D eigenvalue weighted by Crippen LogP contribution is 2.04. The van der Waals surface area contributed by atoms with Crippen LogP contribution in [0.4, 0.5) is 0 Å². The van der Waals surface area contributed by atoms with Crippen LogP contribution in [0.15, 0.2) is 18.3 Å². The first kappa shape index (κ1) is 14.4. The summed E-state index contributed by atoms with van der Waals surface area (Å²) in [5, 5.41) is 0. The first-order valence-corrected chi connectivity index (χ1v) is 6.48. The average molecular weight is 247 g/mol. The van der Waals surface area contributed by atoms with Crippen molar-refractivity contribution in [3.05, 3.63) is 24.0 Å². The number of nitrogens with zero attached hydrogens (tertiary/aromatic N) is 1. The van der Waals surface area contributed by atoms with Gasteiger partial charge in [-0.2, -0.15) is 0 Å². The third kappa shape index (κ3) is 4.67. The molecule has 0 radical (unpaired) electrons. The molecule has 0 saturated heterocycles. The van der Waals surface area contributed by atoms with Crippen molar-refractivity contribution in [1.29, 1.82) is 0 Å². The molecule has 1 aromatic heterocycles. The van der Waals surface area contributed by atoms with E-state index in [4.69, 9.17) is 4.74 Å². The van der Waals surface area contributed by atoms with Crippen LogP contribution >= 0.6 is 0 Å². The normalized spacial score (nSPS) is 9.67. The van der Waals surface area contributed by atoms with Crippen molar-refractivity contribution in [2.24, 2.45) is 0 Å². The maximum absolute atomic E-state index is 11.4. The van der Waals surface area contributed by atoms with Crippen LogP contribution in [0.2, 0.25) is 0 Å². The van der Waals surface area contributed by atoms with Gasteiger partial charge in [0.1, 0.15) is 5.69 Å². The minimum absolute atomic E-state index is 0.315. The van der Waals surface area contributed by atoms with Crippen LogP contribution in [0.1, 0.15) is 49.5 Å². The van der Waals surface area contributed by atoms with Crippen LogP contribution in [0, 0.1) is 11.8 Å². The van der Waals surface area contributed by atoms with E-state index in [2.05, 4.69) is 18.8 Å². The van der Waals surface area contributed by atoms with Crippen molar-refractivity contribution < 1.29 is 9.53 Å². The third-order valence-corrected chi connectivity index (χ3v) is 2.75. The van der Waals surface area contributed by atoms with Crippen LogP contribution in [0.5, 0.6) is 0 Å². The standard InChI is InChI=1S/C15H21NO2/c1-3-4-5-6-7-8-9-12-16-13-10-11-14(16)15(17)18-2/h10-11,13H,3-7,12H2,1-2H3. The second-order valence-electron chi connectivity index (χ2n) is 4.18. The van der Waals surface area contributed by atoms with Gasteiger partial charge in [0.15, 0.2) is 0 Å². The van der Waals surface area contributed by atoms with E-state index in [1.807, 2.05) is 16.8 Å². The molecule has 1 heterocycles. The molecule has 0 unspecified atom stereocenters. The van der Waals surface area contributed by atoms with Crippen LogP contribution in [-0.4, -0.2) is 17.6 Å². The predicted molar refractivity (Wildman–Crippen MR) is 72.3 cm³/mol. The summed E-state index contributed by atoms with van der Waals surface area (Å²) in [6.45, 7) is 2.75. The van der Waals surface area contributed by atoms with Crippen molar-refractivity contribution in [3.8, 4) is 11.8 Å². The predicted octanol–water partition coefficient (Wildman–Crippen LogP) is 3.25. The molecule has 0 amide bonds. The fraction of sp³-hybridized carbons (Fsp3) is 0.533. The maximum atomic E-state index is 11.4. The Bertz CT molecular complexity index is 423. The Labute approximate surface area is 109 Å². The van der Waals surface area contributed by atoms with Gasteiger partial charge in [0, 0.05) is 12.6 Å². The quantitative estimate of drug-likeness (QED) is 0.439. The largest absolute Gasteiger partial charge is 0.464 e. The van der Waals surface area contributed by atoms with Gasteiger partial charge in [-0.15, -0.1) is 5.92 Å². The number of hydrogen-bond donors (Lipinski definition) is 0. The van der Waals surface area contributed by atoms with Crippen molar-refractivity contribution in [2.75, 3.05) is 7.11 Å². The maximum Gasteiger partial charge on any atom is 0.354 e. The molecule has 98 valence electrons. The second-order valence-corrected chi connectivity index (χ2v) is 4.18. The molecule has 0 aliphatic rings. The lowest BCUT2D eigenvalue weighted by Crippen LogP contribution is -2.09. The number of carbonyl (C=O) groups is 1. The molecule has 0 fully saturated rings. The smallest absolute Gasteiger partial charge is 0.354 e. The minimum atomic E-state index is -0.315. The Hall–Kier alpha value is -1.69. The Morgan fingerprint density at radius 1 is 1.33 bits per heavy atom. The van der Waals surface area contributed by atoms with Gasteiger partial charge in [0.25, 0.3) is 0 Å². The van der Waals surface area contributed by atoms with Gasteiger partial charge in [-0.25, -0.2) is 4.79 Å². The summed E-state index contributed by atoms with van der Waals surface area (Å²) in [7, 11) is 1.39. The number of esters is 1. The van der Waals surface area contributed by atoms with E-state index < -0.39 is 0 Å². The van der Waals surface area contributed by atoms with Crippen molar-refractivity contribution in [2.45, 2.75) is 45.6 Å². The van der Waals surface area contributed by atoms with Crippen LogP contribution in [0.3, 0.4) is 0 Å². The molecule has 18 heavy (non-hydrogen) atoms. The summed E-state index contributed by atoms with van der Waals surface area (Å²) < 4.78 is 6.51. The monoisotopic (exact) mass is 247 g/mol. The Morgan fingerprint density at radius 3 is 2.89 bits per heavy atom. The Morgan fingerprint density at radius 2 is 2.17 bits per heavy atom. The summed E-state index contributed by atoms with van der Waals surface area (Å²) in [6.07, 6.45) is 7.73. The lowest BCUT2D eigenvalue weighted by atomic mass is 10.2. The topological polar surface area (TPSA) is 31.2 Å². The number of methoxy groups -OCH3 is 1. The lowest BCUT2D eigenvalue weighted by Gasteiger charge is -2.02. The van der Waals surface area contributed by atoms with E-state index >= 15 is 0 Å². The van der Waals surface area contributed by atoms with Gasteiger partial charge in [-0.05, 0) is 18.6 Å². The average Bonchev–Trinajstić information content (AvgIpc) is 2.85. The summed E-state index contributed by atoms with van der Waals surface area (Å²) in [5.74, 6) is 5.92. The molecule has 1 rings (SSSR count). The number of rotatable bonds is 6.